The summed E-state index contributed by atoms with van der Waals surface area (Å²) >= 11 is 3.40. The van der Waals surface area contributed by atoms with Crippen molar-refractivity contribution in [3.63, 3.8) is 0 Å². The van der Waals surface area contributed by atoms with Crippen molar-refractivity contribution in [3.8, 4) is 11.8 Å². The maximum Gasteiger partial charge on any atom is 0.137 e. The summed E-state index contributed by atoms with van der Waals surface area (Å²) in [7, 11) is 1.57. The molecule has 2 aromatic carbocycles. The fourth-order valence-corrected chi connectivity index (χ4v) is 1.88. The first-order valence-electron chi connectivity index (χ1n) is 4.42. The van der Waals surface area contributed by atoms with Gasteiger partial charge in [-0.15, -0.1) is 0 Å². The summed E-state index contributed by atoms with van der Waals surface area (Å²) in [6, 6.07) is 11.8. The van der Waals surface area contributed by atoms with Crippen LogP contribution in [0.4, 0.5) is 0 Å². The van der Waals surface area contributed by atoms with E-state index in [1.165, 1.54) is 0 Å². The molecule has 2 nitrogen and oxygen atoms in total. The van der Waals surface area contributed by atoms with Crippen LogP contribution in [0.25, 0.3) is 10.8 Å². The average molecular weight is 262 g/mol. The molecule has 0 aliphatic carbocycles. The lowest BCUT2D eigenvalue weighted by Crippen LogP contribution is -1.88. The van der Waals surface area contributed by atoms with Crippen LogP contribution in [-0.2, 0) is 0 Å². The number of hydrogen-bond acceptors (Lipinski definition) is 2. The van der Waals surface area contributed by atoms with E-state index in [-0.39, 0.29) is 0 Å². The molecule has 0 radical (unpaired) electrons. The molecule has 0 spiro atoms. The fraction of sp³-hybridized carbons (Fsp3) is 0.0833. The highest BCUT2D eigenvalue weighted by atomic mass is 79.9. The van der Waals surface area contributed by atoms with Gasteiger partial charge in [0.2, 0.25) is 0 Å². The summed E-state index contributed by atoms with van der Waals surface area (Å²) in [5.74, 6) is 0.618. The Labute approximate surface area is 96.2 Å². The molecule has 2 aromatic rings. The molecule has 15 heavy (non-hydrogen) atoms. The number of hydrogen-bond donors (Lipinski definition) is 0. The second kappa shape index (κ2) is 3.92. The van der Waals surface area contributed by atoms with E-state index in [4.69, 9.17) is 10.00 Å². The Morgan fingerprint density at radius 3 is 2.67 bits per heavy atom. The molecule has 3 heteroatoms. The third-order valence-corrected chi connectivity index (χ3v) is 2.73. The Hall–Kier alpha value is -1.53. The molecule has 0 N–H and O–H groups in total. The van der Waals surface area contributed by atoms with Gasteiger partial charge in [-0.1, -0.05) is 22.0 Å². The molecule has 0 bridgehead atoms. The molecule has 0 amide bonds. The maximum atomic E-state index is 8.94. The van der Waals surface area contributed by atoms with Crippen LogP contribution >= 0.6 is 15.9 Å². The number of methoxy groups -OCH3 is 1. The Morgan fingerprint density at radius 1 is 1.20 bits per heavy atom. The molecule has 0 unspecified atom stereocenters. The molecule has 0 aliphatic heterocycles. The number of ether oxygens (including phenoxy) is 1. The summed E-state index contributed by atoms with van der Waals surface area (Å²) in [6.07, 6.45) is 0. The predicted octanol–water partition coefficient (Wildman–Crippen LogP) is 3.48. The van der Waals surface area contributed by atoms with Gasteiger partial charge in [0.05, 0.1) is 12.7 Å². The molecular weight excluding hydrogens is 254 g/mol. The zero-order valence-corrected chi connectivity index (χ0v) is 9.71. The van der Waals surface area contributed by atoms with Gasteiger partial charge in [0.1, 0.15) is 11.8 Å². The number of nitriles is 1. The molecule has 74 valence electrons. The highest BCUT2D eigenvalue weighted by Crippen LogP contribution is 2.27. The van der Waals surface area contributed by atoms with E-state index in [0.29, 0.717) is 11.3 Å². The van der Waals surface area contributed by atoms with E-state index in [1.54, 1.807) is 7.11 Å². The van der Waals surface area contributed by atoms with Crippen molar-refractivity contribution >= 4 is 26.7 Å². The predicted molar refractivity (Wildman–Crippen MR) is 62.9 cm³/mol. The van der Waals surface area contributed by atoms with E-state index in [2.05, 4.69) is 22.0 Å². The van der Waals surface area contributed by atoms with Crippen LogP contribution < -0.4 is 4.74 Å². The highest BCUT2D eigenvalue weighted by molar-refractivity contribution is 9.10. The normalized spacial score (nSPS) is 9.93. The van der Waals surface area contributed by atoms with Crippen LogP contribution in [0.15, 0.2) is 34.8 Å². The third kappa shape index (κ3) is 1.81. The van der Waals surface area contributed by atoms with E-state index in [0.717, 1.165) is 15.2 Å². The van der Waals surface area contributed by atoms with Crippen molar-refractivity contribution in [2.45, 2.75) is 0 Å². The molecule has 0 atom stereocenters. The number of nitrogens with zero attached hydrogens (tertiary/aromatic N) is 1. The Morgan fingerprint density at radius 2 is 2.00 bits per heavy atom. The van der Waals surface area contributed by atoms with Gasteiger partial charge in [0.25, 0.3) is 0 Å². The average Bonchev–Trinajstić information content (AvgIpc) is 2.27. The van der Waals surface area contributed by atoms with Gasteiger partial charge in [-0.05, 0) is 35.0 Å². The van der Waals surface area contributed by atoms with Gasteiger partial charge in [0, 0.05) is 4.47 Å². The highest BCUT2D eigenvalue weighted by Gasteiger charge is 2.04. The first-order valence-corrected chi connectivity index (χ1v) is 5.21. The minimum Gasteiger partial charge on any atom is -0.495 e. The van der Waals surface area contributed by atoms with E-state index in [9.17, 15) is 0 Å². The zero-order chi connectivity index (χ0) is 10.8. The summed E-state index contributed by atoms with van der Waals surface area (Å²) in [6.45, 7) is 0. The van der Waals surface area contributed by atoms with E-state index >= 15 is 0 Å². The van der Waals surface area contributed by atoms with Crippen molar-refractivity contribution in [1.29, 1.82) is 5.26 Å². The minimum absolute atomic E-state index is 0.558. The SMILES string of the molecule is COc1cc2ccc(Br)cc2cc1C#N. The number of fused-ring (bicyclic) bond motifs is 1. The molecule has 0 aliphatic rings. The summed E-state index contributed by atoms with van der Waals surface area (Å²) < 4.78 is 6.14. The first kappa shape index (κ1) is 10.0. The zero-order valence-electron chi connectivity index (χ0n) is 8.12. The lowest BCUT2D eigenvalue weighted by Gasteiger charge is -2.05. The molecule has 0 fully saturated rings. The molecule has 0 heterocycles. The van der Waals surface area contributed by atoms with Crippen molar-refractivity contribution in [3.05, 3.63) is 40.4 Å². The maximum absolute atomic E-state index is 8.94. The Kier molecular flexibility index (Phi) is 2.61. The van der Waals surface area contributed by atoms with Crippen molar-refractivity contribution < 1.29 is 4.74 Å². The third-order valence-electron chi connectivity index (χ3n) is 2.24. The first-order chi connectivity index (χ1) is 7.24. The van der Waals surface area contributed by atoms with Crippen LogP contribution in [-0.4, -0.2) is 7.11 Å². The summed E-state index contributed by atoms with van der Waals surface area (Å²) in [5.41, 5.74) is 0.558. The quantitative estimate of drug-likeness (QED) is 0.788. The van der Waals surface area contributed by atoms with Crippen LogP contribution in [0.5, 0.6) is 5.75 Å². The monoisotopic (exact) mass is 261 g/mol. The minimum atomic E-state index is 0.558. The lowest BCUT2D eigenvalue weighted by molar-refractivity contribution is 0.414. The molecule has 0 saturated heterocycles. The van der Waals surface area contributed by atoms with Gasteiger partial charge in [-0.3, -0.25) is 0 Å². The van der Waals surface area contributed by atoms with Crippen molar-refractivity contribution in [2.24, 2.45) is 0 Å². The Bertz CT molecular complexity index is 557. The van der Waals surface area contributed by atoms with Crippen LogP contribution in [0.2, 0.25) is 0 Å². The fourth-order valence-electron chi connectivity index (χ4n) is 1.50. The van der Waals surface area contributed by atoms with Crippen molar-refractivity contribution in [2.75, 3.05) is 7.11 Å². The Balaban J connectivity index is 2.77. The van der Waals surface area contributed by atoms with Gasteiger partial charge >= 0.3 is 0 Å². The topological polar surface area (TPSA) is 33.0 Å². The standard InChI is InChI=1S/C12H8BrNO/c1-15-12-6-8-2-3-11(13)5-9(8)4-10(12)7-14/h2-6H,1H3. The van der Waals surface area contributed by atoms with Crippen molar-refractivity contribution in [1.82, 2.24) is 0 Å². The van der Waals surface area contributed by atoms with Crippen LogP contribution in [0, 0.1) is 11.3 Å². The molecule has 0 saturated carbocycles. The summed E-state index contributed by atoms with van der Waals surface area (Å²) in [4.78, 5) is 0. The smallest absolute Gasteiger partial charge is 0.137 e. The van der Waals surface area contributed by atoms with Gasteiger partial charge in [0.15, 0.2) is 0 Å². The molecule has 2 rings (SSSR count). The largest absolute Gasteiger partial charge is 0.495 e. The number of benzene rings is 2. The van der Waals surface area contributed by atoms with Crippen LogP contribution in [0.3, 0.4) is 0 Å². The van der Waals surface area contributed by atoms with E-state index in [1.807, 2.05) is 30.3 Å². The second-order valence-corrected chi connectivity index (χ2v) is 4.07. The molecule has 0 aromatic heterocycles. The van der Waals surface area contributed by atoms with Crippen LogP contribution in [0.1, 0.15) is 5.56 Å². The second-order valence-electron chi connectivity index (χ2n) is 3.16. The number of halogens is 1. The van der Waals surface area contributed by atoms with Gasteiger partial charge in [-0.25, -0.2) is 0 Å². The van der Waals surface area contributed by atoms with E-state index < -0.39 is 0 Å². The molecular formula is C12H8BrNO. The van der Waals surface area contributed by atoms with Gasteiger partial charge < -0.3 is 4.74 Å². The summed E-state index contributed by atoms with van der Waals surface area (Å²) in [5, 5.41) is 11.0. The lowest BCUT2D eigenvalue weighted by atomic mass is 10.1. The van der Waals surface area contributed by atoms with Gasteiger partial charge in [-0.2, -0.15) is 5.26 Å². The number of rotatable bonds is 1.